The van der Waals surface area contributed by atoms with E-state index in [0.29, 0.717) is 17.6 Å². The van der Waals surface area contributed by atoms with E-state index in [9.17, 15) is 4.79 Å². The van der Waals surface area contributed by atoms with E-state index in [1.165, 1.54) is 32.1 Å². The molecule has 0 saturated heterocycles. The molecule has 4 fully saturated rings. The summed E-state index contributed by atoms with van der Waals surface area (Å²) in [6, 6.07) is 0. The third-order valence-electron chi connectivity index (χ3n) is 5.84. The van der Waals surface area contributed by atoms with Crippen LogP contribution in [0.3, 0.4) is 0 Å². The van der Waals surface area contributed by atoms with Gasteiger partial charge in [-0.3, -0.25) is 0 Å². The van der Waals surface area contributed by atoms with Crippen molar-refractivity contribution >= 4 is 5.97 Å². The Morgan fingerprint density at radius 1 is 1.28 bits per heavy atom. The third-order valence-corrected chi connectivity index (χ3v) is 5.84. The molecule has 0 amide bonds. The molecule has 0 aromatic rings. The molecule has 0 N–H and O–H groups in total. The average Bonchev–Trinajstić information content (AvgIpc) is 2.32. The minimum atomic E-state index is -0.210. The first-order chi connectivity index (χ1) is 8.50. The Bertz CT molecular complexity index is 371. The van der Waals surface area contributed by atoms with Crippen LogP contribution in [0.4, 0.5) is 0 Å². The molecule has 18 heavy (non-hydrogen) atoms. The van der Waals surface area contributed by atoms with Gasteiger partial charge in [-0.2, -0.15) is 0 Å². The summed E-state index contributed by atoms with van der Waals surface area (Å²) in [6.07, 6.45) is 6.84. The molecule has 3 unspecified atom stereocenters. The van der Waals surface area contributed by atoms with E-state index in [4.69, 9.17) is 4.74 Å². The number of rotatable bonds is 3. The maximum absolute atomic E-state index is 11.6. The van der Waals surface area contributed by atoms with Gasteiger partial charge in [0, 0.05) is 11.0 Å². The van der Waals surface area contributed by atoms with Crippen molar-refractivity contribution in [3.8, 4) is 0 Å². The highest BCUT2D eigenvalue weighted by Crippen LogP contribution is 2.62. The summed E-state index contributed by atoms with van der Waals surface area (Å²) in [6.45, 7) is 8.41. The second-order valence-corrected chi connectivity index (χ2v) is 7.11. The van der Waals surface area contributed by atoms with Crippen LogP contribution in [0.5, 0.6) is 0 Å². The van der Waals surface area contributed by atoms with E-state index in [-0.39, 0.29) is 5.97 Å². The number of ether oxygens (including phenoxy) is 1. The molecule has 3 atom stereocenters. The van der Waals surface area contributed by atoms with Crippen LogP contribution in [-0.2, 0) is 9.53 Å². The van der Waals surface area contributed by atoms with Crippen molar-refractivity contribution < 1.29 is 9.53 Å². The molecule has 0 radical (unpaired) electrons. The quantitative estimate of drug-likeness (QED) is 0.564. The molecule has 0 heterocycles. The Kier molecular flexibility index (Phi) is 2.80. The maximum atomic E-state index is 11.6. The summed E-state index contributed by atoms with van der Waals surface area (Å²) in [5.41, 5.74) is 0.812. The van der Waals surface area contributed by atoms with Gasteiger partial charge in [-0.1, -0.05) is 13.5 Å². The van der Waals surface area contributed by atoms with Crippen LogP contribution < -0.4 is 0 Å². The van der Waals surface area contributed by atoms with Gasteiger partial charge in [0.15, 0.2) is 0 Å². The van der Waals surface area contributed by atoms with Gasteiger partial charge in [0.1, 0.15) is 0 Å². The number of carbonyl (C=O) groups excluding carboxylic acids is 1. The van der Waals surface area contributed by atoms with Gasteiger partial charge < -0.3 is 4.74 Å². The summed E-state index contributed by atoms with van der Waals surface area (Å²) in [5.74, 6) is 3.21. The second-order valence-electron chi connectivity index (χ2n) is 7.11. The highest BCUT2D eigenvalue weighted by molar-refractivity contribution is 5.86. The zero-order chi connectivity index (χ0) is 12.9. The van der Waals surface area contributed by atoms with Gasteiger partial charge in [-0.15, -0.1) is 0 Å². The Morgan fingerprint density at radius 3 is 2.44 bits per heavy atom. The first kappa shape index (κ1) is 12.3. The maximum Gasteiger partial charge on any atom is 0.333 e. The van der Waals surface area contributed by atoms with Gasteiger partial charge in [0.25, 0.3) is 0 Å². The molecule has 0 aromatic heterocycles. The van der Waals surface area contributed by atoms with E-state index < -0.39 is 0 Å². The lowest BCUT2D eigenvalue weighted by Gasteiger charge is -2.60. The van der Waals surface area contributed by atoms with Crippen LogP contribution in [0.1, 0.15) is 46.0 Å². The summed E-state index contributed by atoms with van der Waals surface area (Å²) in [4.78, 5) is 11.6. The third kappa shape index (κ3) is 1.81. The van der Waals surface area contributed by atoms with Crippen LogP contribution in [0.15, 0.2) is 12.2 Å². The van der Waals surface area contributed by atoms with Gasteiger partial charge in [-0.05, 0) is 62.7 Å². The summed E-state index contributed by atoms with van der Waals surface area (Å²) in [7, 11) is 0. The zero-order valence-corrected chi connectivity index (χ0v) is 11.6. The largest absolute Gasteiger partial charge is 0.462 e. The topological polar surface area (TPSA) is 26.3 Å². The Morgan fingerprint density at radius 2 is 1.89 bits per heavy atom. The molecule has 4 aliphatic carbocycles. The lowest BCUT2D eigenvalue weighted by Crippen LogP contribution is -2.53. The fourth-order valence-electron chi connectivity index (χ4n) is 5.04. The molecular weight excluding hydrogens is 224 g/mol. The average molecular weight is 248 g/mol. The highest BCUT2D eigenvalue weighted by atomic mass is 16.5. The van der Waals surface area contributed by atoms with E-state index in [0.717, 1.165) is 23.7 Å². The standard InChI is InChI=1S/C16H24O2/c1-10(2)15(17)18-9-16-7-12-4-13(8-16)6-14(5-12)11(16)3/h11-14H,1,4-9H2,2-3H3. The molecule has 2 nitrogen and oxygen atoms in total. The molecule has 4 rings (SSSR count). The van der Waals surface area contributed by atoms with Gasteiger partial charge >= 0.3 is 5.97 Å². The molecule has 2 heteroatoms. The predicted octanol–water partition coefficient (Wildman–Crippen LogP) is 3.57. The molecular formula is C16H24O2. The lowest BCUT2D eigenvalue weighted by atomic mass is 9.46. The van der Waals surface area contributed by atoms with Crippen molar-refractivity contribution in [3.05, 3.63) is 12.2 Å². The van der Waals surface area contributed by atoms with E-state index in [1.54, 1.807) is 6.92 Å². The van der Waals surface area contributed by atoms with E-state index in [2.05, 4.69) is 13.5 Å². The zero-order valence-electron chi connectivity index (χ0n) is 11.6. The minimum Gasteiger partial charge on any atom is -0.462 e. The predicted molar refractivity (Wildman–Crippen MR) is 70.9 cm³/mol. The molecule has 4 saturated carbocycles. The fraction of sp³-hybridized carbons (Fsp3) is 0.812. The molecule has 0 aromatic carbocycles. The van der Waals surface area contributed by atoms with Crippen molar-refractivity contribution in [2.45, 2.75) is 46.0 Å². The number of esters is 1. The van der Waals surface area contributed by atoms with Crippen LogP contribution in [0.25, 0.3) is 0 Å². The van der Waals surface area contributed by atoms with Gasteiger partial charge in [-0.25, -0.2) is 4.79 Å². The van der Waals surface area contributed by atoms with Crippen LogP contribution in [0.2, 0.25) is 0 Å². The van der Waals surface area contributed by atoms with Crippen molar-refractivity contribution in [1.29, 1.82) is 0 Å². The first-order valence-electron chi connectivity index (χ1n) is 7.33. The van der Waals surface area contributed by atoms with Gasteiger partial charge in [0.2, 0.25) is 0 Å². The van der Waals surface area contributed by atoms with Crippen molar-refractivity contribution in [3.63, 3.8) is 0 Å². The van der Waals surface area contributed by atoms with Gasteiger partial charge in [0.05, 0.1) is 6.61 Å². The smallest absolute Gasteiger partial charge is 0.333 e. The fourth-order valence-corrected chi connectivity index (χ4v) is 5.04. The Balaban J connectivity index is 1.73. The summed E-state index contributed by atoms with van der Waals surface area (Å²) < 4.78 is 5.52. The second kappa shape index (κ2) is 4.11. The van der Waals surface area contributed by atoms with Crippen molar-refractivity contribution in [2.75, 3.05) is 6.61 Å². The minimum absolute atomic E-state index is 0.210. The van der Waals surface area contributed by atoms with Crippen molar-refractivity contribution in [2.24, 2.45) is 29.1 Å². The molecule has 4 aliphatic rings. The number of hydrogen-bond acceptors (Lipinski definition) is 2. The molecule has 0 spiro atoms. The van der Waals surface area contributed by atoms with Crippen molar-refractivity contribution in [1.82, 2.24) is 0 Å². The molecule has 100 valence electrons. The summed E-state index contributed by atoms with van der Waals surface area (Å²) >= 11 is 0. The van der Waals surface area contributed by atoms with E-state index >= 15 is 0 Å². The number of carbonyl (C=O) groups is 1. The van der Waals surface area contributed by atoms with Crippen LogP contribution in [0, 0.1) is 29.1 Å². The Hall–Kier alpha value is -0.790. The monoisotopic (exact) mass is 248 g/mol. The van der Waals surface area contributed by atoms with E-state index in [1.807, 2.05) is 0 Å². The number of hydrogen-bond donors (Lipinski definition) is 0. The molecule has 0 aliphatic heterocycles. The first-order valence-corrected chi connectivity index (χ1v) is 7.33. The normalized spacial score (nSPS) is 45.0. The van der Waals surface area contributed by atoms with Crippen LogP contribution in [-0.4, -0.2) is 12.6 Å². The molecule has 4 bridgehead atoms. The van der Waals surface area contributed by atoms with Crippen LogP contribution >= 0.6 is 0 Å². The SMILES string of the molecule is C=C(C)C(=O)OCC12CC3CC(CC(C3)C1C)C2. The lowest BCUT2D eigenvalue weighted by molar-refractivity contribution is -0.161. The Labute approximate surface area is 110 Å². The summed E-state index contributed by atoms with van der Waals surface area (Å²) in [5, 5.41) is 0. The highest BCUT2D eigenvalue weighted by Gasteiger charge is 2.55.